The molecule has 1 saturated carbocycles. The van der Waals surface area contributed by atoms with Crippen molar-refractivity contribution in [1.82, 2.24) is 10.0 Å². The predicted molar refractivity (Wildman–Crippen MR) is 103 cm³/mol. The summed E-state index contributed by atoms with van der Waals surface area (Å²) in [6.07, 6.45) is 3.79. The van der Waals surface area contributed by atoms with Gasteiger partial charge in [-0.3, -0.25) is 4.79 Å². The van der Waals surface area contributed by atoms with Crippen molar-refractivity contribution in [2.75, 3.05) is 18.1 Å². The molecule has 1 fully saturated rings. The highest BCUT2D eigenvalue weighted by molar-refractivity contribution is 7.99. The van der Waals surface area contributed by atoms with Crippen LogP contribution in [-0.4, -0.2) is 38.4 Å². The molecule has 0 aromatic heterocycles. The maximum absolute atomic E-state index is 12.1. The number of aryl methyl sites for hydroxylation is 1. The van der Waals surface area contributed by atoms with E-state index in [1.807, 2.05) is 31.2 Å². The third-order valence-electron chi connectivity index (χ3n) is 4.40. The predicted octanol–water partition coefficient (Wildman–Crippen LogP) is 2.70. The second-order valence-electron chi connectivity index (χ2n) is 6.85. The number of nitrogens with one attached hydrogen (secondary N) is 2. The van der Waals surface area contributed by atoms with Crippen LogP contribution in [0.15, 0.2) is 29.2 Å². The lowest BCUT2D eigenvalue weighted by Gasteiger charge is -2.26. The highest BCUT2D eigenvalue weighted by atomic mass is 32.2. The minimum Gasteiger partial charge on any atom is -0.354 e. The van der Waals surface area contributed by atoms with Crippen molar-refractivity contribution in [2.24, 2.45) is 5.92 Å². The SMILES string of the molecule is Cc1ccc(SCCNC(=O)CS(=O)(=O)NC2CCC(C)CC2)cc1. The molecule has 140 valence electrons. The van der Waals surface area contributed by atoms with Crippen LogP contribution in [0.25, 0.3) is 0 Å². The van der Waals surface area contributed by atoms with Crippen LogP contribution >= 0.6 is 11.8 Å². The first-order chi connectivity index (χ1) is 11.8. The van der Waals surface area contributed by atoms with Crippen molar-refractivity contribution in [2.45, 2.75) is 50.5 Å². The number of amides is 1. The van der Waals surface area contributed by atoms with Gasteiger partial charge in [-0.25, -0.2) is 13.1 Å². The Morgan fingerprint density at radius 1 is 1.16 bits per heavy atom. The standard InChI is InChI=1S/C18H28N2O3S2/c1-14-3-7-16(8-4-14)20-25(22,23)13-18(21)19-11-12-24-17-9-5-15(2)6-10-17/h5-6,9-10,14,16,20H,3-4,7-8,11-13H2,1-2H3,(H,19,21). The van der Waals surface area contributed by atoms with Crippen LogP contribution in [0.4, 0.5) is 0 Å². The molecule has 1 aliphatic carbocycles. The Labute approximate surface area is 155 Å². The summed E-state index contributed by atoms with van der Waals surface area (Å²) in [4.78, 5) is 13.0. The zero-order valence-electron chi connectivity index (χ0n) is 15.0. The third kappa shape index (κ3) is 7.79. The summed E-state index contributed by atoms with van der Waals surface area (Å²) in [5.74, 6) is 0.438. The Balaban J connectivity index is 1.65. The van der Waals surface area contributed by atoms with Gasteiger partial charge in [-0.2, -0.15) is 0 Å². The largest absolute Gasteiger partial charge is 0.354 e. The van der Waals surface area contributed by atoms with E-state index in [-0.39, 0.29) is 6.04 Å². The van der Waals surface area contributed by atoms with Crippen molar-refractivity contribution in [3.05, 3.63) is 29.8 Å². The summed E-state index contributed by atoms with van der Waals surface area (Å²) in [6, 6.07) is 8.16. The lowest BCUT2D eigenvalue weighted by atomic mass is 9.88. The topological polar surface area (TPSA) is 75.3 Å². The van der Waals surface area contributed by atoms with Crippen molar-refractivity contribution in [3.8, 4) is 0 Å². The Bertz CT molecular complexity index is 651. The molecule has 25 heavy (non-hydrogen) atoms. The average Bonchev–Trinajstić information content (AvgIpc) is 2.55. The van der Waals surface area contributed by atoms with E-state index in [0.717, 1.165) is 30.6 Å². The number of hydrogen-bond donors (Lipinski definition) is 2. The fraction of sp³-hybridized carbons (Fsp3) is 0.611. The molecule has 1 aliphatic rings. The van der Waals surface area contributed by atoms with E-state index in [2.05, 4.69) is 17.0 Å². The van der Waals surface area contributed by atoms with Gasteiger partial charge in [0, 0.05) is 23.2 Å². The fourth-order valence-electron chi connectivity index (χ4n) is 2.89. The fourth-order valence-corrected chi connectivity index (χ4v) is 4.93. The molecule has 0 radical (unpaired) electrons. The van der Waals surface area contributed by atoms with Crippen LogP contribution in [0.1, 0.15) is 38.2 Å². The highest BCUT2D eigenvalue weighted by Gasteiger charge is 2.24. The van der Waals surface area contributed by atoms with E-state index in [0.29, 0.717) is 18.2 Å². The van der Waals surface area contributed by atoms with Crippen molar-refractivity contribution >= 4 is 27.7 Å². The van der Waals surface area contributed by atoms with Crippen LogP contribution in [0.3, 0.4) is 0 Å². The summed E-state index contributed by atoms with van der Waals surface area (Å²) in [6.45, 7) is 4.68. The smallest absolute Gasteiger partial charge is 0.236 e. The molecule has 7 heteroatoms. The van der Waals surface area contributed by atoms with E-state index < -0.39 is 21.7 Å². The Morgan fingerprint density at radius 3 is 2.44 bits per heavy atom. The molecular weight excluding hydrogens is 356 g/mol. The Morgan fingerprint density at radius 2 is 1.80 bits per heavy atom. The number of benzene rings is 1. The Kier molecular flexibility index (Phi) is 7.78. The maximum Gasteiger partial charge on any atom is 0.236 e. The average molecular weight is 385 g/mol. The first-order valence-electron chi connectivity index (χ1n) is 8.80. The molecule has 1 aromatic rings. The van der Waals surface area contributed by atoms with Gasteiger partial charge in [0.05, 0.1) is 0 Å². The lowest BCUT2D eigenvalue weighted by Crippen LogP contribution is -2.42. The number of carbonyl (C=O) groups excluding carboxylic acids is 1. The van der Waals surface area contributed by atoms with Gasteiger partial charge in [0.1, 0.15) is 5.75 Å². The zero-order valence-corrected chi connectivity index (χ0v) is 16.6. The second kappa shape index (κ2) is 9.59. The number of thioether (sulfide) groups is 1. The molecule has 0 unspecified atom stereocenters. The molecule has 0 heterocycles. The molecule has 5 nitrogen and oxygen atoms in total. The zero-order chi connectivity index (χ0) is 18.3. The lowest BCUT2D eigenvalue weighted by molar-refractivity contribution is -0.118. The molecule has 2 N–H and O–H groups in total. The molecule has 0 bridgehead atoms. The van der Waals surface area contributed by atoms with Crippen LogP contribution in [0.5, 0.6) is 0 Å². The van der Waals surface area contributed by atoms with E-state index in [1.54, 1.807) is 11.8 Å². The van der Waals surface area contributed by atoms with Gasteiger partial charge in [0.25, 0.3) is 0 Å². The van der Waals surface area contributed by atoms with Gasteiger partial charge >= 0.3 is 0 Å². The first-order valence-corrected chi connectivity index (χ1v) is 11.4. The van der Waals surface area contributed by atoms with Crippen molar-refractivity contribution in [3.63, 3.8) is 0 Å². The Hall–Kier alpha value is -1.05. The molecule has 1 aromatic carbocycles. The summed E-state index contributed by atoms with van der Waals surface area (Å²) in [5, 5.41) is 2.69. The van der Waals surface area contributed by atoms with Gasteiger partial charge in [0.15, 0.2) is 0 Å². The number of carbonyl (C=O) groups is 1. The van der Waals surface area contributed by atoms with Gasteiger partial charge < -0.3 is 5.32 Å². The summed E-state index contributed by atoms with van der Waals surface area (Å²) in [7, 11) is -3.56. The van der Waals surface area contributed by atoms with E-state index >= 15 is 0 Å². The quantitative estimate of drug-likeness (QED) is 0.534. The molecule has 1 amide bonds. The van der Waals surface area contributed by atoms with Gasteiger partial charge in [0.2, 0.25) is 15.9 Å². The van der Waals surface area contributed by atoms with E-state index in [1.165, 1.54) is 5.56 Å². The monoisotopic (exact) mass is 384 g/mol. The van der Waals surface area contributed by atoms with Crippen molar-refractivity contribution < 1.29 is 13.2 Å². The molecule has 0 aliphatic heterocycles. The highest BCUT2D eigenvalue weighted by Crippen LogP contribution is 2.23. The molecule has 0 atom stereocenters. The molecule has 0 spiro atoms. The van der Waals surface area contributed by atoms with Gasteiger partial charge in [-0.05, 0) is 50.7 Å². The van der Waals surface area contributed by atoms with E-state index in [9.17, 15) is 13.2 Å². The minimum atomic E-state index is -3.56. The van der Waals surface area contributed by atoms with Crippen LogP contribution in [0.2, 0.25) is 0 Å². The van der Waals surface area contributed by atoms with Crippen molar-refractivity contribution in [1.29, 1.82) is 0 Å². The molecule has 2 rings (SSSR count). The van der Waals surface area contributed by atoms with Crippen LogP contribution in [-0.2, 0) is 14.8 Å². The summed E-state index contributed by atoms with van der Waals surface area (Å²) < 4.78 is 26.9. The maximum atomic E-state index is 12.1. The molecule has 0 saturated heterocycles. The minimum absolute atomic E-state index is 0.0221. The normalized spacial score (nSPS) is 21.0. The summed E-state index contributed by atoms with van der Waals surface area (Å²) in [5.41, 5.74) is 1.21. The second-order valence-corrected chi connectivity index (χ2v) is 9.77. The number of sulfonamides is 1. The van der Waals surface area contributed by atoms with Crippen LogP contribution < -0.4 is 10.0 Å². The number of rotatable bonds is 8. The number of hydrogen-bond acceptors (Lipinski definition) is 4. The first kappa shape index (κ1) is 20.3. The van der Waals surface area contributed by atoms with Gasteiger partial charge in [-0.1, -0.05) is 24.6 Å². The molecular formula is C18H28N2O3S2. The van der Waals surface area contributed by atoms with E-state index in [4.69, 9.17) is 0 Å². The van der Waals surface area contributed by atoms with Gasteiger partial charge in [-0.15, -0.1) is 11.8 Å². The third-order valence-corrected chi connectivity index (χ3v) is 6.75. The van der Waals surface area contributed by atoms with Crippen LogP contribution in [0, 0.1) is 12.8 Å². The summed E-state index contributed by atoms with van der Waals surface area (Å²) >= 11 is 1.64.